The Morgan fingerprint density at radius 1 is 1.47 bits per heavy atom. The molecule has 1 aromatic carbocycles. The number of rotatable bonds is 2. The van der Waals surface area contributed by atoms with Crippen LogP contribution in [-0.2, 0) is 0 Å². The highest BCUT2D eigenvalue weighted by Crippen LogP contribution is 2.42. The molecule has 1 aromatic rings. The van der Waals surface area contributed by atoms with Crippen molar-refractivity contribution < 1.29 is 9.13 Å². The van der Waals surface area contributed by atoms with Gasteiger partial charge >= 0.3 is 0 Å². The SMILES string of the molecule is CNC1CC(C)(C(C)C)Oc2ccc(F)cc21. The third-order valence-corrected chi connectivity index (χ3v) is 3.87. The highest BCUT2D eigenvalue weighted by Gasteiger charge is 2.39. The van der Waals surface area contributed by atoms with Crippen molar-refractivity contribution in [2.45, 2.75) is 38.8 Å². The lowest BCUT2D eigenvalue weighted by molar-refractivity contribution is 0.00668. The summed E-state index contributed by atoms with van der Waals surface area (Å²) < 4.78 is 19.3. The minimum Gasteiger partial charge on any atom is -0.487 e. The van der Waals surface area contributed by atoms with Gasteiger partial charge in [-0.15, -0.1) is 0 Å². The van der Waals surface area contributed by atoms with Crippen LogP contribution in [0.25, 0.3) is 0 Å². The monoisotopic (exact) mass is 237 g/mol. The average Bonchev–Trinajstić information content (AvgIpc) is 2.28. The van der Waals surface area contributed by atoms with E-state index < -0.39 is 0 Å². The fraction of sp³-hybridized carbons (Fsp3) is 0.571. The first kappa shape index (κ1) is 12.4. The second kappa shape index (κ2) is 4.30. The lowest BCUT2D eigenvalue weighted by atomic mass is 9.81. The van der Waals surface area contributed by atoms with Crippen molar-refractivity contribution in [1.29, 1.82) is 0 Å². The van der Waals surface area contributed by atoms with Gasteiger partial charge in [0.15, 0.2) is 0 Å². The third kappa shape index (κ3) is 2.16. The molecule has 1 N–H and O–H groups in total. The van der Waals surface area contributed by atoms with Gasteiger partial charge in [-0.1, -0.05) is 13.8 Å². The number of halogens is 1. The number of hydrogen-bond donors (Lipinski definition) is 1. The maximum absolute atomic E-state index is 13.3. The van der Waals surface area contributed by atoms with Gasteiger partial charge in [0, 0.05) is 18.0 Å². The Labute approximate surface area is 102 Å². The number of nitrogens with one attached hydrogen (secondary N) is 1. The van der Waals surface area contributed by atoms with E-state index in [1.807, 2.05) is 7.05 Å². The van der Waals surface area contributed by atoms with E-state index in [-0.39, 0.29) is 17.5 Å². The third-order valence-electron chi connectivity index (χ3n) is 3.87. The van der Waals surface area contributed by atoms with E-state index in [1.165, 1.54) is 6.07 Å². The van der Waals surface area contributed by atoms with Gasteiger partial charge in [-0.3, -0.25) is 0 Å². The number of fused-ring (bicyclic) bond motifs is 1. The summed E-state index contributed by atoms with van der Waals surface area (Å²) >= 11 is 0. The van der Waals surface area contributed by atoms with E-state index in [1.54, 1.807) is 12.1 Å². The molecular weight excluding hydrogens is 217 g/mol. The van der Waals surface area contributed by atoms with Crippen molar-refractivity contribution in [3.8, 4) is 5.75 Å². The normalized spacial score (nSPS) is 27.8. The first-order valence-corrected chi connectivity index (χ1v) is 6.12. The second-order valence-corrected chi connectivity index (χ2v) is 5.30. The lowest BCUT2D eigenvalue weighted by Crippen LogP contribution is -2.45. The Bertz CT molecular complexity index is 419. The molecule has 94 valence electrons. The summed E-state index contributed by atoms with van der Waals surface area (Å²) in [7, 11) is 1.91. The molecule has 1 heterocycles. The molecule has 2 rings (SSSR count). The minimum atomic E-state index is -0.208. The Morgan fingerprint density at radius 2 is 2.18 bits per heavy atom. The molecule has 0 aromatic heterocycles. The molecule has 1 aliphatic heterocycles. The summed E-state index contributed by atoms with van der Waals surface area (Å²) in [4.78, 5) is 0. The van der Waals surface area contributed by atoms with Gasteiger partial charge in [0.05, 0.1) is 0 Å². The topological polar surface area (TPSA) is 21.3 Å². The molecule has 1 aliphatic rings. The molecule has 0 fully saturated rings. The fourth-order valence-corrected chi connectivity index (χ4v) is 2.30. The molecule has 3 heteroatoms. The standard InChI is InChI=1S/C14H20FNO/c1-9(2)14(3)8-12(16-4)11-7-10(15)5-6-13(11)17-14/h5-7,9,12,16H,8H2,1-4H3. The zero-order valence-electron chi connectivity index (χ0n) is 10.9. The van der Waals surface area contributed by atoms with Crippen LogP contribution in [-0.4, -0.2) is 12.6 Å². The smallest absolute Gasteiger partial charge is 0.125 e. The molecule has 0 spiro atoms. The molecular formula is C14H20FNO. The summed E-state index contributed by atoms with van der Waals surface area (Å²) in [5.41, 5.74) is 0.726. The maximum Gasteiger partial charge on any atom is 0.125 e. The van der Waals surface area contributed by atoms with Crippen molar-refractivity contribution >= 4 is 0 Å². The molecule has 2 atom stereocenters. The van der Waals surface area contributed by atoms with Crippen molar-refractivity contribution in [3.05, 3.63) is 29.6 Å². The molecule has 0 bridgehead atoms. The van der Waals surface area contributed by atoms with E-state index in [0.717, 1.165) is 17.7 Å². The largest absolute Gasteiger partial charge is 0.487 e. The quantitative estimate of drug-likeness (QED) is 0.852. The number of hydrogen-bond acceptors (Lipinski definition) is 2. The van der Waals surface area contributed by atoms with Crippen LogP contribution < -0.4 is 10.1 Å². The van der Waals surface area contributed by atoms with Crippen LogP contribution in [0.2, 0.25) is 0 Å². The lowest BCUT2D eigenvalue weighted by Gasteiger charge is -2.42. The zero-order chi connectivity index (χ0) is 12.6. The van der Waals surface area contributed by atoms with Gasteiger partial charge in [-0.25, -0.2) is 4.39 Å². The highest BCUT2D eigenvalue weighted by atomic mass is 19.1. The molecule has 0 saturated carbocycles. The summed E-state index contributed by atoms with van der Waals surface area (Å²) in [5.74, 6) is 1.01. The first-order chi connectivity index (χ1) is 7.96. The van der Waals surface area contributed by atoms with E-state index in [9.17, 15) is 4.39 Å². The fourth-order valence-electron chi connectivity index (χ4n) is 2.30. The Morgan fingerprint density at radius 3 is 2.76 bits per heavy atom. The summed E-state index contributed by atoms with van der Waals surface area (Å²) in [6.45, 7) is 6.43. The Kier molecular flexibility index (Phi) is 3.13. The molecule has 0 radical (unpaired) electrons. The van der Waals surface area contributed by atoms with Crippen molar-refractivity contribution in [2.75, 3.05) is 7.05 Å². The van der Waals surface area contributed by atoms with Crippen LogP contribution in [0.1, 0.15) is 38.8 Å². The minimum absolute atomic E-state index is 0.154. The zero-order valence-corrected chi connectivity index (χ0v) is 10.9. The van der Waals surface area contributed by atoms with Gasteiger partial charge < -0.3 is 10.1 Å². The average molecular weight is 237 g/mol. The van der Waals surface area contributed by atoms with Crippen LogP contribution in [0, 0.1) is 11.7 Å². The molecule has 0 saturated heterocycles. The van der Waals surface area contributed by atoms with Gasteiger partial charge in [0.25, 0.3) is 0 Å². The van der Waals surface area contributed by atoms with E-state index in [4.69, 9.17) is 4.74 Å². The summed E-state index contributed by atoms with van der Waals surface area (Å²) in [6, 6.07) is 4.91. The van der Waals surface area contributed by atoms with E-state index >= 15 is 0 Å². The number of benzene rings is 1. The predicted molar refractivity (Wildman–Crippen MR) is 66.7 cm³/mol. The van der Waals surface area contributed by atoms with E-state index in [0.29, 0.717) is 5.92 Å². The summed E-state index contributed by atoms with van der Waals surface area (Å²) in [6.07, 6.45) is 0.859. The van der Waals surface area contributed by atoms with Gasteiger partial charge in [-0.2, -0.15) is 0 Å². The van der Waals surface area contributed by atoms with Crippen LogP contribution in [0.3, 0.4) is 0 Å². The Balaban J connectivity index is 2.43. The maximum atomic E-state index is 13.3. The molecule has 2 nitrogen and oxygen atoms in total. The second-order valence-electron chi connectivity index (χ2n) is 5.30. The first-order valence-electron chi connectivity index (χ1n) is 6.12. The molecule has 17 heavy (non-hydrogen) atoms. The van der Waals surface area contributed by atoms with Crippen LogP contribution in [0.4, 0.5) is 4.39 Å². The predicted octanol–water partition coefficient (Wildman–Crippen LogP) is 3.28. The Hall–Kier alpha value is -1.09. The van der Waals surface area contributed by atoms with Gasteiger partial charge in [0.2, 0.25) is 0 Å². The molecule has 0 aliphatic carbocycles. The molecule has 2 unspecified atom stereocenters. The van der Waals surface area contributed by atoms with Crippen molar-refractivity contribution in [2.24, 2.45) is 5.92 Å². The van der Waals surface area contributed by atoms with Crippen molar-refractivity contribution in [3.63, 3.8) is 0 Å². The van der Waals surface area contributed by atoms with Gasteiger partial charge in [0.1, 0.15) is 17.2 Å². The highest BCUT2D eigenvalue weighted by molar-refractivity contribution is 5.39. The number of ether oxygens (including phenoxy) is 1. The van der Waals surface area contributed by atoms with Crippen LogP contribution >= 0.6 is 0 Å². The van der Waals surface area contributed by atoms with E-state index in [2.05, 4.69) is 26.1 Å². The van der Waals surface area contributed by atoms with Crippen molar-refractivity contribution in [1.82, 2.24) is 5.32 Å². The molecule has 0 amide bonds. The van der Waals surface area contributed by atoms with Crippen LogP contribution in [0.5, 0.6) is 5.75 Å². The van der Waals surface area contributed by atoms with Gasteiger partial charge in [-0.05, 0) is 38.1 Å². The van der Waals surface area contributed by atoms with Crippen LogP contribution in [0.15, 0.2) is 18.2 Å². The summed E-state index contributed by atoms with van der Waals surface area (Å²) in [5, 5.41) is 3.25.